The second-order valence-corrected chi connectivity index (χ2v) is 9.24. The molecule has 1 aliphatic rings. The van der Waals surface area contributed by atoms with Gasteiger partial charge in [-0.2, -0.15) is 0 Å². The zero-order valence-corrected chi connectivity index (χ0v) is 19.8. The summed E-state index contributed by atoms with van der Waals surface area (Å²) in [6.07, 6.45) is 0. The number of piperidine rings is 1. The van der Waals surface area contributed by atoms with Crippen molar-refractivity contribution >= 4 is 6.03 Å². The number of halogens is 3. The molecule has 3 rings (SSSR count). The summed E-state index contributed by atoms with van der Waals surface area (Å²) in [5, 5.41) is 5.96. The van der Waals surface area contributed by atoms with Gasteiger partial charge in [0, 0.05) is 44.1 Å². The second-order valence-electron chi connectivity index (χ2n) is 9.24. The van der Waals surface area contributed by atoms with Crippen LogP contribution in [0.4, 0.5) is 18.0 Å². The molecule has 0 bridgehead atoms. The summed E-state index contributed by atoms with van der Waals surface area (Å²) in [6.45, 7) is 4.55. The molecule has 1 aliphatic heterocycles. The Hall–Kier alpha value is -2.74. The number of benzene rings is 2. The normalized spacial score (nSPS) is 18.6. The van der Waals surface area contributed by atoms with E-state index in [2.05, 4.69) is 24.5 Å². The summed E-state index contributed by atoms with van der Waals surface area (Å²) >= 11 is 0. The molecule has 8 heteroatoms. The summed E-state index contributed by atoms with van der Waals surface area (Å²) in [6, 6.07) is 12.2. The third-order valence-electron chi connectivity index (χ3n) is 6.01. The Morgan fingerprint density at radius 2 is 1.62 bits per heavy atom. The van der Waals surface area contributed by atoms with Gasteiger partial charge in [0.1, 0.15) is 11.6 Å². The lowest BCUT2D eigenvalue weighted by atomic mass is 9.84. The van der Waals surface area contributed by atoms with Crippen molar-refractivity contribution in [2.24, 2.45) is 17.8 Å². The number of ether oxygens (including phenoxy) is 1. The van der Waals surface area contributed by atoms with Gasteiger partial charge in [-0.3, -0.25) is 8.78 Å². The van der Waals surface area contributed by atoms with Crippen LogP contribution in [-0.4, -0.2) is 50.0 Å². The largest absolute Gasteiger partial charge is 0.493 e. The van der Waals surface area contributed by atoms with E-state index in [1.165, 1.54) is 17.0 Å². The van der Waals surface area contributed by atoms with E-state index in [0.29, 0.717) is 31.2 Å². The van der Waals surface area contributed by atoms with Gasteiger partial charge in [0.2, 0.25) is 0 Å². The van der Waals surface area contributed by atoms with E-state index in [1.807, 2.05) is 24.3 Å². The fourth-order valence-corrected chi connectivity index (χ4v) is 4.23. The number of urea groups is 1. The quantitative estimate of drug-likeness (QED) is 0.521. The van der Waals surface area contributed by atoms with Gasteiger partial charge in [-0.05, 0) is 41.3 Å². The third-order valence-corrected chi connectivity index (χ3v) is 6.01. The van der Waals surface area contributed by atoms with Crippen LogP contribution in [0.15, 0.2) is 48.5 Å². The first kappa shape index (κ1) is 25.9. The molecule has 0 unspecified atom stereocenters. The summed E-state index contributed by atoms with van der Waals surface area (Å²) in [5.74, 6) is -0.266. The minimum atomic E-state index is -0.667. The minimum absolute atomic E-state index is 0.131. The molecular formula is C26H34F3N3O2. The van der Waals surface area contributed by atoms with Crippen LogP contribution in [0, 0.1) is 23.6 Å². The molecule has 186 valence electrons. The average Bonchev–Trinajstić information content (AvgIpc) is 2.85. The van der Waals surface area contributed by atoms with Crippen molar-refractivity contribution in [2.45, 2.75) is 33.0 Å². The van der Waals surface area contributed by atoms with Crippen LogP contribution >= 0.6 is 0 Å². The lowest BCUT2D eigenvalue weighted by Crippen LogP contribution is -2.59. The molecule has 34 heavy (non-hydrogen) atoms. The van der Waals surface area contributed by atoms with Crippen molar-refractivity contribution in [3.05, 3.63) is 65.5 Å². The monoisotopic (exact) mass is 477 g/mol. The van der Waals surface area contributed by atoms with Crippen molar-refractivity contribution in [3.63, 3.8) is 0 Å². The molecular weight excluding hydrogens is 443 g/mol. The highest BCUT2D eigenvalue weighted by atomic mass is 19.1. The second kappa shape index (κ2) is 12.6. The Morgan fingerprint density at radius 3 is 2.18 bits per heavy atom. The Balaban J connectivity index is 1.74. The molecule has 1 heterocycles. The van der Waals surface area contributed by atoms with Crippen molar-refractivity contribution in [3.8, 4) is 5.75 Å². The number of nitrogens with zero attached hydrogens (tertiary/aromatic N) is 1. The van der Waals surface area contributed by atoms with Gasteiger partial charge < -0.3 is 20.3 Å². The van der Waals surface area contributed by atoms with Gasteiger partial charge in [-0.25, -0.2) is 9.18 Å². The lowest BCUT2D eigenvalue weighted by Gasteiger charge is -2.43. The highest BCUT2D eigenvalue weighted by Gasteiger charge is 2.39. The molecule has 2 N–H and O–H groups in total. The Kier molecular flexibility index (Phi) is 9.62. The summed E-state index contributed by atoms with van der Waals surface area (Å²) in [7, 11) is 0. The van der Waals surface area contributed by atoms with Crippen LogP contribution in [-0.2, 0) is 13.1 Å². The number of amides is 2. The van der Waals surface area contributed by atoms with Crippen molar-refractivity contribution in [2.75, 3.05) is 33.0 Å². The van der Waals surface area contributed by atoms with E-state index >= 15 is 0 Å². The highest BCUT2D eigenvalue weighted by Crippen LogP contribution is 2.27. The predicted molar refractivity (Wildman–Crippen MR) is 127 cm³/mol. The fraction of sp³-hybridized carbons (Fsp3) is 0.500. The first-order valence-corrected chi connectivity index (χ1v) is 11.7. The number of nitrogens with one attached hydrogen (secondary N) is 2. The molecule has 5 nitrogen and oxygen atoms in total. The lowest BCUT2D eigenvalue weighted by molar-refractivity contribution is 0.0585. The smallest absolute Gasteiger partial charge is 0.318 e. The van der Waals surface area contributed by atoms with E-state index < -0.39 is 37.3 Å². The molecule has 0 aliphatic carbocycles. The topological polar surface area (TPSA) is 53.6 Å². The van der Waals surface area contributed by atoms with Crippen molar-refractivity contribution in [1.29, 1.82) is 0 Å². The zero-order valence-electron chi connectivity index (χ0n) is 19.8. The number of hydrogen-bond donors (Lipinski definition) is 2. The van der Waals surface area contributed by atoms with Crippen LogP contribution in [0.2, 0.25) is 0 Å². The van der Waals surface area contributed by atoms with Crippen molar-refractivity contribution in [1.82, 2.24) is 15.5 Å². The summed E-state index contributed by atoms with van der Waals surface area (Å²) < 4.78 is 46.8. The summed E-state index contributed by atoms with van der Waals surface area (Å²) in [4.78, 5) is 14.8. The maximum absolute atomic E-state index is 13.9. The van der Waals surface area contributed by atoms with Gasteiger partial charge in [0.05, 0.1) is 20.0 Å². The SMILES string of the molecule is CC(C)COc1ccc(CNC(=O)N(Cc2ccc(F)cc2)C2[C@H](CF)CNC[C@H]2CF)cc1. The Labute approximate surface area is 199 Å². The molecule has 2 amide bonds. The fourth-order valence-electron chi connectivity index (χ4n) is 4.23. The average molecular weight is 478 g/mol. The van der Waals surface area contributed by atoms with E-state index in [1.54, 1.807) is 12.1 Å². The van der Waals surface area contributed by atoms with Crippen LogP contribution in [0.3, 0.4) is 0 Å². The van der Waals surface area contributed by atoms with E-state index in [9.17, 15) is 18.0 Å². The summed E-state index contributed by atoms with van der Waals surface area (Å²) in [5.41, 5.74) is 1.57. The predicted octanol–water partition coefficient (Wildman–Crippen LogP) is 4.72. The molecule has 1 saturated heterocycles. The maximum atomic E-state index is 13.9. The minimum Gasteiger partial charge on any atom is -0.493 e. The van der Waals surface area contributed by atoms with Crippen LogP contribution in [0.5, 0.6) is 5.75 Å². The number of alkyl halides is 2. The molecule has 0 aromatic heterocycles. The molecule has 2 atom stereocenters. The van der Waals surface area contributed by atoms with Gasteiger partial charge in [0.25, 0.3) is 0 Å². The first-order valence-electron chi connectivity index (χ1n) is 11.7. The third kappa shape index (κ3) is 7.13. The molecule has 0 spiro atoms. The molecule has 0 radical (unpaired) electrons. The standard InChI is InChI=1S/C26H34F3N3O2/c1-18(2)17-34-24-9-5-19(6-10-24)13-31-26(33)32(16-20-3-7-23(29)8-4-20)25-21(11-27)14-30-15-22(25)12-28/h3-10,18,21-22,25,30H,11-17H2,1-2H3,(H,31,33)/t21-,22-/m1/s1. The highest BCUT2D eigenvalue weighted by molar-refractivity contribution is 5.74. The number of hydrogen-bond acceptors (Lipinski definition) is 3. The number of carbonyl (C=O) groups excluding carboxylic acids is 1. The number of carbonyl (C=O) groups is 1. The molecule has 1 fully saturated rings. The van der Waals surface area contributed by atoms with Gasteiger partial charge in [0.15, 0.2) is 0 Å². The Morgan fingerprint density at radius 1 is 1.03 bits per heavy atom. The molecule has 2 aromatic carbocycles. The van der Waals surface area contributed by atoms with Crippen molar-refractivity contribution < 1.29 is 22.7 Å². The van der Waals surface area contributed by atoms with Gasteiger partial charge in [-0.1, -0.05) is 38.1 Å². The molecule has 0 saturated carbocycles. The van der Waals surface area contributed by atoms with Crippen LogP contribution in [0.25, 0.3) is 0 Å². The van der Waals surface area contributed by atoms with E-state index in [-0.39, 0.29) is 18.9 Å². The van der Waals surface area contributed by atoms with E-state index in [0.717, 1.165) is 11.3 Å². The zero-order chi connectivity index (χ0) is 24.5. The maximum Gasteiger partial charge on any atom is 0.318 e. The van der Waals surface area contributed by atoms with Gasteiger partial charge in [-0.15, -0.1) is 0 Å². The first-order chi connectivity index (χ1) is 16.4. The van der Waals surface area contributed by atoms with Crippen LogP contribution < -0.4 is 15.4 Å². The van der Waals surface area contributed by atoms with Crippen LogP contribution in [0.1, 0.15) is 25.0 Å². The van der Waals surface area contributed by atoms with E-state index in [4.69, 9.17) is 4.74 Å². The number of rotatable bonds is 10. The Bertz CT molecular complexity index is 881. The molecule has 2 aromatic rings. The van der Waals surface area contributed by atoms with Gasteiger partial charge >= 0.3 is 6.03 Å².